The predicted molar refractivity (Wildman–Crippen MR) is 160 cm³/mol. The van der Waals surface area contributed by atoms with Gasteiger partial charge in [-0.05, 0) is 63.4 Å². The van der Waals surface area contributed by atoms with E-state index in [4.69, 9.17) is 14.5 Å². The van der Waals surface area contributed by atoms with Crippen LogP contribution in [0.15, 0.2) is 42.9 Å². The number of nitrogens with one attached hydrogen (secondary N) is 2. The average molecular weight is 571 g/mol. The Balaban J connectivity index is 1.11. The summed E-state index contributed by atoms with van der Waals surface area (Å²) in [6.07, 6.45) is 6.09. The summed E-state index contributed by atoms with van der Waals surface area (Å²) in [6, 6.07) is 10.7. The van der Waals surface area contributed by atoms with Crippen LogP contribution in [0.4, 0.5) is 10.6 Å². The molecule has 0 bridgehead atoms. The Bertz CT molecular complexity index is 1570. The highest BCUT2D eigenvalue weighted by molar-refractivity contribution is 5.83. The van der Waals surface area contributed by atoms with Crippen molar-refractivity contribution >= 4 is 22.9 Å². The summed E-state index contributed by atoms with van der Waals surface area (Å²) in [5.41, 5.74) is 5.15. The maximum atomic E-state index is 12.4. The van der Waals surface area contributed by atoms with Crippen molar-refractivity contribution in [1.29, 1.82) is 0 Å². The van der Waals surface area contributed by atoms with Gasteiger partial charge in [0.1, 0.15) is 23.4 Å². The average Bonchev–Trinajstić information content (AvgIpc) is 3.68. The van der Waals surface area contributed by atoms with Crippen LogP contribution in [0.3, 0.4) is 0 Å². The number of carbonyl (C=O) groups excluding carboxylic acids is 1. The van der Waals surface area contributed by atoms with Gasteiger partial charge in [-0.25, -0.2) is 19.7 Å². The minimum atomic E-state index is -0.481. The first-order chi connectivity index (χ1) is 20.2. The van der Waals surface area contributed by atoms with Gasteiger partial charge < -0.3 is 24.7 Å². The molecule has 220 valence electrons. The van der Waals surface area contributed by atoms with Crippen molar-refractivity contribution in [3.63, 3.8) is 0 Å². The van der Waals surface area contributed by atoms with Gasteiger partial charge in [0, 0.05) is 62.6 Å². The van der Waals surface area contributed by atoms with Crippen LogP contribution in [0.2, 0.25) is 0 Å². The number of hydrogen-bond acceptors (Lipinski definition) is 9. The normalized spacial score (nSPS) is 16.0. The molecule has 1 saturated heterocycles. The molecule has 1 aliphatic carbocycles. The summed E-state index contributed by atoms with van der Waals surface area (Å²) in [7, 11) is 1.65. The van der Waals surface area contributed by atoms with E-state index in [2.05, 4.69) is 48.4 Å². The maximum absolute atomic E-state index is 12.4. The number of H-pyrrole nitrogens is 1. The van der Waals surface area contributed by atoms with Gasteiger partial charge in [-0.1, -0.05) is 6.07 Å². The summed E-state index contributed by atoms with van der Waals surface area (Å²) < 4.78 is 11.2. The lowest BCUT2D eigenvalue weighted by atomic mass is 10.1. The molecule has 1 saturated carbocycles. The standard InChI is InChI=1S/C31H38N8O3/c1-31(2,3)42-30(40)39-13-11-38(12-14-39)18-20-9-10-32-23(15-20)17-26-36-24-8-5-21(16-25(24)37-26)27-28(41-4)29(34-19-33-27)35-22-6-7-22/h5,8-10,15-16,19,22H,6-7,11-14,17-18H2,1-4H3,(H,36,37)(H,33,34,35). The van der Waals surface area contributed by atoms with Gasteiger partial charge >= 0.3 is 6.09 Å². The molecular weight excluding hydrogens is 532 g/mol. The monoisotopic (exact) mass is 570 g/mol. The van der Waals surface area contributed by atoms with E-state index >= 15 is 0 Å². The molecule has 1 amide bonds. The number of nitrogens with zero attached hydrogens (tertiary/aromatic N) is 6. The lowest BCUT2D eigenvalue weighted by Gasteiger charge is -2.35. The van der Waals surface area contributed by atoms with Crippen LogP contribution in [-0.4, -0.2) is 85.7 Å². The number of aromatic nitrogens is 5. The number of ether oxygens (including phenoxy) is 2. The van der Waals surface area contributed by atoms with Crippen LogP contribution in [-0.2, 0) is 17.7 Å². The molecule has 11 heteroatoms. The van der Waals surface area contributed by atoms with E-state index in [1.54, 1.807) is 18.3 Å². The van der Waals surface area contributed by atoms with Gasteiger partial charge in [-0.3, -0.25) is 9.88 Å². The predicted octanol–water partition coefficient (Wildman–Crippen LogP) is 4.64. The van der Waals surface area contributed by atoms with Crippen LogP contribution in [0, 0.1) is 0 Å². The maximum Gasteiger partial charge on any atom is 0.410 e. The molecule has 2 N–H and O–H groups in total. The molecule has 3 aromatic heterocycles. The van der Waals surface area contributed by atoms with Crippen molar-refractivity contribution in [2.75, 3.05) is 38.6 Å². The zero-order valence-electron chi connectivity index (χ0n) is 24.7. The lowest BCUT2D eigenvalue weighted by molar-refractivity contribution is 0.0139. The Kier molecular flexibility index (Phi) is 7.68. The van der Waals surface area contributed by atoms with Crippen LogP contribution in [0.1, 0.15) is 50.7 Å². The molecule has 2 fully saturated rings. The first kappa shape index (κ1) is 27.9. The SMILES string of the molecule is COc1c(NC2CC2)ncnc1-c1ccc2nc(Cc3cc(CN4CCN(C(=O)OC(C)(C)C)CC4)ccn3)[nH]c2c1. The van der Waals surface area contributed by atoms with E-state index in [0.717, 1.165) is 72.1 Å². The molecule has 0 spiro atoms. The third-order valence-corrected chi connectivity index (χ3v) is 7.39. The summed E-state index contributed by atoms with van der Waals surface area (Å²) in [5.74, 6) is 2.23. The largest absolute Gasteiger partial charge is 0.491 e. The first-order valence-corrected chi connectivity index (χ1v) is 14.5. The molecule has 1 aromatic carbocycles. The zero-order valence-corrected chi connectivity index (χ0v) is 24.7. The molecule has 0 atom stereocenters. The second-order valence-electron chi connectivity index (χ2n) is 12.0. The Labute approximate surface area is 245 Å². The van der Waals surface area contributed by atoms with Crippen molar-refractivity contribution < 1.29 is 14.3 Å². The van der Waals surface area contributed by atoms with Crippen molar-refractivity contribution in [2.45, 2.75) is 58.2 Å². The molecular formula is C31H38N8O3. The highest BCUT2D eigenvalue weighted by Crippen LogP contribution is 2.36. The number of carbonyl (C=O) groups is 1. The molecule has 2 aliphatic rings. The van der Waals surface area contributed by atoms with E-state index in [-0.39, 0.29) is 6.09 Å². The van der Waals surface area contributed by atoms with Crippen molar-refractivity contribution in [3.8, 4) is 17.0 Å². The lowest BCUT2D eigenvalue weighted by Crippen LogP contribution is -2.49. The molecule has 42 heavy (non-hydrogen) atoms. The van der Waals surface area contributed by atoms with E-state index in [1.165, 1.54) is 5.56 Å². The quantitative estimate of drug-likeness (QED) is 0.312. The number of piperazine rings is 1. The third kappa shape index (κ3) is 6.62. The second-order valence-corrected chi connectivity index (χ2v) is 12.0. The number of hydrogen-bond donors (Lipinski definition) is 2. The van der Waals surface area contributed by atoms with E-state index in [0.29, 0.717) is 31.3 Å². The molecule has 6 rings (SSSR count). The molecule has 1 aliphatic heterocycles. The number of imidazole rings is 1. The Hall–Kier alpha value is -4.25. The summed E-state index contributed by atoms with van der Waals surface area (Å²) in [6.45, 7) is 9.41. The van der Waals surface area contributed by atoms with Crippen molar-refractivity contribution in [2.24, 2.45) is 0 Å². The summed E-state index contributed by atoms with van der Waals surface area (Å²) >= 11 is 0. The molecule has 4 aromatic rings. The highest BCUT2D eigenvalue weighted by atomic mass is 16.6. The Morgan fingerprint density at radius 1 is 1.07 bits per heavy atom. The van der Waals surface area contributed by atoms with Gasteiger partial charge in [0.05, 0.1) is 18.1 Å². The number of pyridine rings is 1. The number of benzene rings is 1. The molecule has 4 heterocycles. The highest BCUT2D eigenvalue weighted by Gasteiger charge is 2.26. The van der Waals surface area contributed by atoms with Gasteiger partial charge in [-0.15, -0.1) is 0 Å². The fraction of sp³-hybridized carbons (Fsp3) is 0.452. The zero-order chi connectivity index (χ0) is 29.3. The molecule has 0 unspecified atom stereocenters. The number of fused-ring (bicyclic) bond motifs is 1. The number of methoxy groups -OCH3 is 1. The van der Waals surface area contributed by atoms with Crippen LogP contribution in [0.25, 0.3) is 22.3 Å². The van der Waals surface area contributed by atoms with E-state index in [9.17, 15) is 4.79 Å². The van der Waals surface area contributed by atoms with Gasteiger partial charge in [0.15, 0.2) is 11.6 Å². The number of aromatic amines is 1. The number of anilines is 1. The fourth-order valence-corrected chi connectivity index (χ4v) is 5.16. The van der Waals surface area contributed by atoms with E-state index < -0.39 is 5.60 Å². The minimum Gasteiger partial charge on any atom is -0.491 e. The van der Waals surface area contributed by atoms with Gasteiger partial charge in [0.25, 0.3) is 0 Å². The Morgan fingerprint density at radius 3 is 2.62 bits per heavy atom. The Morgan fingerprint density at radius 2 is 1.88 bits per heavy atom. The third-order valence-electron chi connectivity index (χ3n) is 7.39. The summed E-state index contributed by atoms with van der Waals surface area (Å²) in [4.78, 5) is 38.3. The summed E-state index contributed by atoms with van der Waals surface area (Å²) in [5, 5.41) is 3.43. The van der Waals surface area contributed by atoms with Crippen LogP contribution >= 0.6 is 0 Å². The van der Waals surface area contributed by atoms with Crippen molar-refractivity contribution in [3.05, 3.63) is 59.9 Å². The van der Waals surface area contributed by atoms with Crippen LogP contribution < -0.4 is 10.1 Å². The van der Waals surface area contributed by atoms with Crippen LogP contribution in [0.5, 0.6) is 5.75 Å². The van der Waals surface area contributed by atoms with Gasteiger partial charge in [-0.2, -0.15) is 0 Å². The molecule has 11 nitrogen and oxygen atoms in total. The fourth-order valence-electron chi connectivity index (χ4n) is 5.16. The number of rotatable bonds is 8. The first-order valence-electron chi connectivity index (χ1n) is 14.5. The van der Waals surface area contributed by atoms with Gasteiger partial charge in [0.2, 0.25) is 0 Å². The minimum absolute atomic E-state index is 0.238. The molecule has 0 radical (unpaired) electrons. The second kappa shape index (κ2) is 11.6. The smallest absolute Gasteiger partial charge is 0.410 e. The topological polar surface area (TPSA) is 121 Å². The number of amides is 1. The van der Waals surface area contributed by atoms with E-state index in [1.807, 2.05) is 39.1 Å². The van der Waals surface area contributed by atoms with Crippen molar-refractivity contribution in [1.82, 2.24) is 34.7 Å².